The summed E-state index contributed by atoms with van der Waals surface area (Å²) in [6.07, 6.45) is 1.12. The first kappa shape index (κ1) is 15.9. The van der Waals surface area contributed by atoms with Crippen molar-refractivity contribution in [3.05, 3.63) is 0 Å². The number of esters is 2. The molecular weight excluding hydrogens is 224 g/mol. The third-order valence-electron chi connectivity index (χ3n) is 2.08. The molecule has 0 rings (SSSR count). The molecule has 0 aliphatic heterocycles. The van der Waals surface area contributed by atoms with E-state index >= 15 is 0 Å². The second-order valence-electron chi connectivity index (χ2n) is 3.72. The van der Waals surface area contributed by atoms with E-state index in [4.69, 9.17) is 14.2 Å². The van der Waals surface area contributed by atoms with Gasteiger partial charge in [-0.15, -0.1) is 0 Å². The summed E-state index contributed by atoms with van der Waals surface area (Å²) in [4.78, 5) is 21.9. The smallest absolute Gasteiger partial charge is 0.305 e. The first-order chi connectivity index (χ1) is 8.01. The van der Waals surface area contributed by atoms with Crippen molar-refractivity contribution in [2.24, 2.45) is 0 Å². The van der Waals surface area contributed by atoms with Gasteiger partial charge < -0.3 is 14.2 Å². The molecule has 0 aromatic rings. The fraction of sp³-hybridized carbons (Fsp3) is 0.833. The molecule has 0 saturated carbocycles. The van der Waals surface area contributed by atoms with Crippen LogP contribution in [0.4, 0.5) is 0 Å². The quantitative estimate of drug-likeness (QED) is 0.484. The van der Waals surface area contributed by atoms with E-state index in [9.17, 15) is 9.59 Å². The molecule has 0 aliphatic rings. The third kappa shape index (κ3) is 7.74. The van der Waals surface area contributed by atoms with Crippen LogP contribution >= 0.6 is 0 Å². The second-order valence-corrected chi connectivity index (χ2v) is 3.72. The van der Waals surface area contributed by atoms with E-state index in [0.29, 0.717) is 13.0 Å². The molecule has 0 N–H and O–H groups in total. The lowest BCUT2D eigenvalue weighted by atomic mass is 10.1. The van der Waals surface area contributed by atoms with Gasteiger partial charge in [-0.3, -0.25) is 9.59 Å². The zero-order valence-corrected chi connectivity index (χ0v) is 11.0. The van der Waals surface area contributed by atoms with Gasteiger partial charge in [-0.25, -0.2) is 0 Å². The lowest BCUT2D eigenvalue weighted by Gasteiger charge is -2.25. The Labute approximate surface area is 102 Å². The molecular formula is C12H22O5. The van der Waals surface area contributed by atoms with Gasteiger partial charge in [0.1, 0.15) is 0 Å². The first-order valence-electron chi connectivity index (χ1n) is 5.97. The van der Waals surface area contributed by atoms with Crippen molar-refractivity contribution in [2.75, 3.05) is 6.61 Å². The molecule has 0 aliphatic carbocycles. The molecule has 17 heavy (non-hydrogen) atoms. The summed E-state index contributed by atoms with van der Waals surface area (Å²) < 4.78 is 15.4. The summed E-state index contributed by atoms with van der Waals surface area (Å²) in [5.74, 6) is -0.847. The molecule has 100 valence electrons. The van der Waals surface area contributed by atoms with Crippen LogP contribution in [0.15, 0.2) is 0 Å². The minimum Gasteiger partial charge on any atom is -0.456 e. The van der Waals surface area contributed by atoms with Crippen molar-refractivity contribution in [1.82, 2.24) is 0 Å². The van der Waals surface area contributed by atoms with Gasteiger partial charge in [0.05, 0.1) is 0 Å². The topological polar surface area (TPSA) is 61.8 Å². The average Bonchev–Trinajstić information content (AvgIpc) is 2.22. The maximum Gasteiger partial charge on any atom is 0.305 e. The summed E-state index contributed by atoms with van der Waals surface area (Å²) >= 11 is 0. The highest BCUT2D eigenvalue weighted by molar-refractivity contribution is 5.67. The minimum atomic E-state index is -0.812. The number of hydrogen-bond acceptors (Lipinski definition) is 5. The summed E-state index contributed by atoms with van der Waals surface area (Å²) in [5, 5.41) is 0. The van der Waals surface area contributed by atoms with Crippen molar-refractivity contribution >= 4 is 11.9 Å². The Kier molecular flexibility index (Phi) is 8.40. The zero-order valence-electron chi connectivity index (χ0n) is 11.0. The van der Waals surface area contributed by atoms with Crippen molar-refractivity contribution < 1.29 is 23.8 Å². The molecule has 0 saturated heterocycles. The van der Waals surface area contributed by atoms with Gasteiger partial charge in [0, 0.05) is 20.5 Å². The van der Waals surface area contributed by atoms with Crippen LogP contribution in [0.1, 0.15) is 47.0 Å². The van der Waals surface area contributed by atoms with Crippen LogP contribution in [0.2, 0.25) is 0 Å². The van der Waals surface area contributed by atoms with E-state index in [2.05, 4.69) is 0 Å². The van der Waals surface area contributed by atoms with Gasteiger partial charge >= 0.3 is 11.9 Å². The predicted molar refractivity (Wildman–Crippen MR) is 62.3 cm³/mol. The van der Waals surface area contributed by atoms with Crippen LogP contribution in [-0.2, 0) is 23.8 Å². The predicted octanol–water partition coefficient (Wildman–Crippen LogP) is 2.03. The Morgan fingerprint density at radius 2 is 1.65 bits per heavy atom. The standard InChI is InChI=1S/C12H22O5/c1-5-7-8-11(16-9(3)13)12(15-6-2)17-10(4)14/h11-12H,5-8H2,1-4H3. The molecule has 2 unspecified atom stereocenters. The summed E-state index contributed by atoms with van der Waals surface area (Å²) in [7, 11) is 0. The lowest BCUT2D eigenvalue weighted by molar-refractivity contribution is -0.210. The van der Waals surface area contributed by atoms with Crippen LogP contribution in [0.25, 0.3) is 0 Å². The Balaban J connectivity index is 4.52. The van der Waals surface area contributed by atoms with Gasteiger partial charge in [0.2, 0.25) is 6.29 Å². The summed E-state index contributed by atoms with van der Waals surface area (Å²) in [5.41, 5.74) is 0. The maximum absolute atomic E-state index is 11.0. The molecule has 0 amide bonds. The normalized spacial score (nSPS) is 13.9. The SMILES string of the molecule is CCCCC(OC(C)=O)C(OCC)OC(C)=O. The van der Waals surface area contributed by atoms with Crippen LogP contribution in [-0.4, -0.2) is 30.9 Å². The Bertz CT molecular complexity index is 239. The molecule has 2 atom stereocenters. The number of unbranched alkanes of at least 4 members (excludes halogenated alkanes) is 1. The molecule has 5 heteroatoms. The summed E-state index contributed by atoms with van der Waals surface area (Å²) in [6, 6.07) is 0. The van der Waals surface area contributed by atoms with E-state index in [1.54, 1.807) is 6.92 Å². The fourth-order valence-electron chi connectivity index (χ4n) is 1.41. The Hall–Kier alpha value is -1.10. The number of carbonyl (C=O) groups excluding carboxylic acids is 2. The van der Waals surface area contributed by atoms with Crippen LogP contribution in [0.3, 0.4) is 0 Å². The Morgan fingerprint density at radius 3 is 2.06 bits per heavy atom. The van der Waals surface area contributed by atoms with Crippen LogP contribution < -0.4 is 0 Å². The summed E-state index contributed by atoms with van der Waals surface area (Å²) in [6.45, 7) is 6.85. The molecule has 0 radical (unpaired) electrons. The minimum absolute atomic E-state index is 0.391. The molecule has 5 nitrogen and oxygen atoms in total. The number of ether oxygens (including phenoxy) is 3. The highest BCUT2D eigenvalue weighted by atomic mass is 16.7. The van der Waals surface area contributed by atoms with Gasteiger partial charge in [-0.05, 0) is 19.8 Å². The molecule has 0 spiro atoms. The molecule has 0 aromatic heterocycles. The number of carbonyl (C=O) groups is 2. The molecule has 0 aromatic carbocycles. The first-order valence-corrected chi connectivity index (χ1v) is 5.97. The van der Waals surface area contributed by atoms with Gasteiger partial charge in [-0.1, -0.05) is 13.3 Å². The fourth-order valence-corrected chi connectivity index (χ4v) is 1.41. The van der Waals surface area contributed by atoms with E-state index in [1.165, 1.54) is 13.8 Å². The monoisotopic (exact) mass is 246 g/mol. The number of hydrogen-bond donors (Lipinski definition) is 0. The Morgan fingerprint density at radius 1 is 1.06 bits per heavy atom. The highest BCUT2D eigenvalue weighted by Crippen LogP contribution is 2.14. The largest absolute Gasteiger partial charge is 0.456 e. The second kappa shape index (κ2) is 8.98. The molecule has 0 heterocycles. The highest BCUT2D eigenvalue weighted by Gasteiger charge is 2.27. The lowest BCUT2D eigenvalue weighted by Crippen LogP contribution is -2.36. The average molecular weight is 246 g/mol. The molecule has 0 bridgehead atoms. The van der Waals surface area contributed by atoms with Crippen molar-refractivity contribution in [1.29, 1.82) is 0 Å². The van der Waals surface area contributed by atoms with Gasteiger partial charge in [0.15, 0.2) is 6.10 Å². The van der Waals surface area contributed by atoms with E-state index in [0.717, 1.165) is 12.8 Å². The van der Waals surface area contributed by atoms with Gasteiger partial charge in [-0.2, -0.15) is 0 Å². The van der Waals surface area contributed by atoms with Crippen LogP contribution in [0, 0.1) is 0 Å². The van der Waals surface area contributed by atoms with E-state index < -0.39 is 24.3 Å². The van der Waals surface area contributed by atoms with Gasteiger partial charge in [0.25, 0.3) is 0 Å². The van der Waals surface area contributed by atoms with Crippen molar-refractivity contribution in [3.63, 3.8) is 0 Å². The number of rotatable bonds is 8. The van der Waals surface area contributed by atoms with Crippen molar-refractivity contribution in [2.45, 2.75) is 59.4 Å². The maximum atomic E-state index is 11.0. The molecule has 0 fully saturated rings. The zero-order chi connectivity index (χ0) is 13.3. The van der Waals surface area contributed by atoms with E-state index in [1.807, 2.05) is 6.92 Å². The van der Waals surface area contributed by atoms with Crippen LogP contribution in [0.5, 0.6) is 0 Å². The van der Waals surface area contributed by atoms with E-state index in [-0.39, 0.29) is 0 Å². The third-order valence-corrected chi connectivity index (χ3v) is 2.08. The van der Waals surface area contributed by atoms with Crippen molar-refractivity contribution in [3.8, 4) is 0 Å².